The standard InChI is InChI=1S/C19H24N2O3/c1-13-12-21(10-9-15(13)19(23)24)18(22)8-4-5-14-11-20-17-7-3-2-6-16(14)17/h2-3,6-7,11,13,15,20H,4-5,8-10,12H2,1H3,(H,23,24). The summed E-state index contributed by atoms with van der Waals surface area (Å²) >= 11 is 0. The van der Waals surface area contributed by atoms with Gasteiger partial charge in [0, 0.05) is 36.6 Å². The zero-order valence-electron chi connectivity index (χ0n) is 14.0. The van der Waals surface area contributed by atoms with Crippen LogP contribution in [-0.2, 0) is 16.0 Å². The molecule has 0 aliphatic carbocycles. The number of aryl methyl sites for hydroxylation is 1. The normalized spacial score (nSPS) is 21.1. The number of para-hydroxylation sites is 1. The molecule has 24 heavy (non-hydrogen) atoms. The van der Waals surface area contributed by atoms with Gasteiger partial charge in [0.15, 0.2) is 0 Å². The maximum atomic E-state index is 12.4. The topological polar surface area (TPSA) is 73.4 Å². The van der Waals surface area contributed by atoms with Crippen LogP contribution in [0.15, 0.2) is 30.5 Å². The first kappa shape index (κ1) is 16.6. The fraction of sp³-hybridized carbons (Fsp3) is 0.474. The Morgan fingerprint density at radius 1 is 1.33 bits per heavy atom. The van der Waals surface area contributed by atoms with Crippen molar-refractivity contribution in [3.05, 3.63) is 36.0 Å². The number of hydrogen-bond acceptors (Lipinski definition) is 2. The van der Waals surface area contributed by atoms with Gasteiger partial charge in [-0.25, -0.2) is 0 Å². The number of benzene rings is 1. The summed E-state index contributed by atoms with van der Waals surface area (Å²) in [6.07, 6.45) is 4.79. The Morgan fingerprint density at radius 3 is 2.88 bits per heavy atom. The molecule has 2 atom stereocenters. The number of carbonyl (C=O) groups excluding carboxylic acids is 1. The highest BCUT2D eigenvalue weighted by atomic mass is 16.4. The molecule has 1 aromatic heterocycles. The Bertz CT molecular complexity index is 737. The third kappa shape index (κ3) is 3.45. The van der Waals surface area contributed by atoms with E-state index >= 15 is 0 Å². The number of aromatic nitrogens is 1. The zero-order chi connectivity index (χ0) is 17.1. The van der Waals surface area contributed by atoms with Crippen LogP contribution in [0.2, 0.25) is 0 Å². The quantitative estimate of drug-likeness (QED) is 0.886. The summed E-state index contributed by atoms with van der Waals surface area (Å²) in [6, 6.07) is 8.19. The van der Waals surface area contributed by atoms with Gasteiger partial charge in [-0.1, -0.05) is 25.1 Å². The maximum absolute atomic E-state index is 12.4. The molecule has 5 heteroatoms. The number of amides is 1. The van der Waals surface area contributed by atoms with Crippen LogP contribution in [0.4, 0.5) is 0 Å². The van der Waals surface area contributed by atoms with Crippen molar-refractivity contribution in [3.63, 3.8) is 0 Å². The number of H-pyrrole nitrogens is 1. The molecule has 0 radical (unpaired) electrons. The van der Waals surface area contributed by atoms with E-state index in [4.69, 9.17) is 5.11 Å². The number of likely N-dealkylation sites (tertiary alicyclic amines) is 1. The molecule has 0 bridgehead atoms. The Morgan fingerprint density at radius 2 is 2.12 bits per heavy atom. The van der Waals surface area contributed by atoms with Gasteiger partial charge < -0.3 is 15.0 Å². The molecule has 0 saturated carbocycles. The van der Waals surface area contributed by atoms with Crippen molar-refractivity contribution in [2.45, 2.75) is 32.6 Å². The number of carboxylic acids is 1. The minimum absolute atomic E-state index is 0.0221. The number of piperidine rings is 1. The van der Waals surface area contributed by atoms with Gasteiger partial charge in [-0.2, -0.15) is 0 Å². The summed E-state index contributed by atoms with van der Waals surface area (Å²) in [6.45, 7) is 3.04. The highest BCUT2D eigenvalue weighted by molar-refractivity contribution is 5.83. The highest BCUT2D eigenvalue weighted by Gasteiger charge is 2.32. The molecule has 5 nitrogen and oxygen atoms in total. The molecule has 2 aromatic rings. The SMILES string of the molecule is CC1CN(C(=O)CCCc2c[nH]c3ccccc23)CCC1C(=O)O. The van der Waals surface area contributed by atoms with Crippen molar-refractivity contribution in [1.82, 2.24) is 9.88 Å². The van der Waals surface area contributed by atoms with Crippen molar-refractivity contribution in [3.8, 4) is 0 Å². The fourth-order valence-corrected chi connectivity index (χ4v) is 3.67. The lowest BCUT2D eigenvalue weighted by Crippen LogP contribution is -2.44. The Hall–Kier alpha value is -2.30. The van der Waals surface area contributed by atoms with E-state index in [9.17, 15) is 9.59 Å². The Kier molecular flexibility index (Phi) is 4.88. The van der Waals surface area contributed by atoms with Gasteiger partial charge in [0.05, 0.1) is 5.92 Å². The minimum Gasteiger partial charge on any atom is -0.481 e. The maximum Gasteiger partial charge on any atom is 0.306 e. The van der Waals surface area contributed by atoms with Gasteiger partial charge in [-0.05, 0) is 36.8 Å². The Balaban J connectivity index is 1.50. The van der Waals surface area contributed by atoms with Gasteiger partial charge in [0.1, 0.15) is 0 Å². The number of carboxylic acid groups (broad SMARTS) is 1. The minimum atomic E-state index is -0.742. The first-order valence-electron chi connectivity index (χ1n) is 8.62. The van der Waals surface area contributed by atoms with Gasteiger partial charge in [0.25, 0.3) is 0 Å². The van der Waals surface area contributed by atoms with Crippen LogP contribution in [0.5, 0.6) is 0 Å². The summed E-state index contributed by atoms with van der Waals surface area (Å²) in [7, 11) is 0. The lowest BCUT2D eigenvalue weighted by atomic mass is 9.87. The Labute approximate surface area is 141 Å². The number of aromatic amines is 1. The number of nitrogens with zero attached hydrogens (tertiary/aromatic N) is 1. The van der Waals surface area contributed by atoms with Gasteiger partial charge >= 0.3 is 5.97 Å². The predicted octanol–water partition coefficient (Wildman–Crippen LogP) is 3.06. The molecule has 1 aromatic carbocycles. The number of fused-ring (bicyclic) bond motifs is 1. The summed E-state index contributed by atoms with van der Waals surface area (Å²) in [4.78, 5) is 28.6. The van der Waals surface area contributed by atoms with Crippen LogP contribution in [0, 0.1) is 11.8 Å². The molecule has 2 N–H and O–H groups in total. The molecule has 128 valence electrons. The molecule has 2 heterocycles. The summed E-state index contributed by atoms with van der Waals surface area (Å²) in [5.74, 6) is -0.895. The average Bonchev–Trinajstić information content (AvgIpc) is 2.97. The van der Waals surface area contributed by atoms with Crippen molar-refractivity contribution in [2.24, 2.45) is 11.8 Å². The van der Waals surface area contributed by atoms with E-state index in [1.165, 1.54) is 10.9 Å². The van der Waals surface area contributed by atoms with Gasteiger partial charge in [-0.3, -0.25) is 9.59 Å². The van der Waals surface area contributed by atoms with Crippen molar-refractivity contribution in [1.29, 1.82) is 0 Å². The summed E-state index contributed by atoms with van der Waals surface area (Å²) < 4.78 is 0. The van der Waals surface area contributed by atoms with Crippen LogP contribution in [0.1, 0.15) is 31.7 Å². The van der Waals surface area contributed by atoms with Crippen molar-refractivity contribution >= 4 is 22.8 Å². The van der Waals surface area contributed by atoms with E-state index in [-0.39, 0.29) is 17.7 Å². The molecule has 1 aliphatic heterocycles. The number of aliphatic carboxylic acids is 1. The second-order valence-electron chi connectivity index (χ2n) is 6.76. The molecule has 1 fully saturated rings. The average molecular weight is 328 g/mol. The summed E-state index contributed by atoms with van der Waals surface area (Å²) in [5, 5.41) is 10.4. The first-order valence-corrected chi connectivity index (χ1v) is 8.62. The highest BCUT2D eigenvalue weighted by Crippen LogP contribution is 2.24. The van der Waals surface area contributed by atoms with Crippen molar-refractivity contribution in [2.75, 3.05) is 13.1 Å². The smallest absolute Gasteiger partial charge is 0.306 e. The van der Waals surface area contributed by atoms with Crippen LogP contribution < -0.4 is 0 Å². The molecule has 2 unspecified atom stereocenters. The second kappa shape index (κ2) is 7.07. The third-order valence-electron chi connectivity index (χ3n) is 5.09. The predicted molar refractivity (Wildman–Crippen MR) is 92.7 cm³/mol. The number of nitrogens with one attached hydrogen (secondary N) is 1. The lowest BCUT2D eigenvalue weighted by molar-refractivity contribution is -0.148. The van der Waals surface area contributed by atoms with E-state index in [1.807, 2.05) is 30.2 Å². The van der Waals surface area contributed by atoms with E-state index in [0.29, 0.717) is 25.9 Å². The number of hydrogen-bond donors (Lipinski definition) is 2. The molecule has 1 aliphatic rings. The first-order chi connectivity index (χ1) is 11.6. The van der Waals surface area contributed by atoms with E-state index in [1.54, 1.807) is 0 Å². The van der Waals surface area contributed by atoms with E-state index < -0.39 is 5.97 Å². The second-order valence-corrected chi connectivity index (χ2v) is 6.76. The van der Waals surface area contributed by atoms with Crippen LogP contribution in [0.25, 0.3) is 10.9 Å². The van der Waals surface area contributed by atoms with Gasteiger partial charge in [0.2, 0.25) is 5.91 Å². The molecular weight excluding hydrogens is 304 g/mol. The molecule has 0 spiro atoms. The number of carbonyl (C=O) groups is 2. The van der Waals surface area contributed by atoms with Crippen LogP contribution in [0.3, 0.4) is 0 Å². The zero-order valence-corrected chi connectivity index (χ0v) is 14.0. The van der Waals surface area contributed by atoms with Crippen LogP contribution >= 0.6 is 0 Å². The van der Waals surface area contributed by atoms with Gasteiger partial charge in [-0.15, -0.1) is 0 Å². The third-order valence-corrected chi connectivity index (χ3v) is 5.09. The van der Waals surface area contributed by atoms with Crippen LogP contribution in [-0.4, -0.2) is 40.0 Å². The van der Waals surface area contributed by atoms with E-state index in [2.05, 4.69) is 17.1 Å². The van der Waals surface area contributed by atoms with E-state index in [0.717, 1.165) is 18.4 Å². The van der Waals surface area contributed by atoms with Crippen molar-refractivity contribution < 1.29 is 14.7 Å². The molecule has 1 amide bonds. The molecule has 1 saturated heterocycles. The fourth-order valence-electron chi connectivity index (χ4n) is 3.67. The molecular formula is C19H24N2O3. The lowest BCUT2D eigenvalue weighted by Gasteiger charge is -2.35. The number of rotatable bonds is 5. The largest absolute Gasteiger partial charge is 0.481 e. The monoisotopic (exact) mass is 328 g/mol. The summed E-state index contributed by atoms with van der Waals surface area (Å²) in [5.41, 5.74) is 2.37. The molecule has 3 rings (SSSR count).